The molecule has 1 aromatic heterocycles. The molecule has 0 amide bonds. The van der Waals surface area contributed by atoms with Crippen LogP contribution >= 0.6 is 27.3 Å². The lowest BCUT2D eigenvalue weighted by molar-refractivity contribution is 0.938. The number of benzene rings is 1. The Balaban J connectivity index is 2.16. The van der Waals surface area contributed by atoms with Gasteiger partial charge in [0.15, 0.2) is 0 Å². The summed E-state index contributed by atoms with van der Waals surface area (Å²) < 4.78 is 1.13. The molecular weight excluding hydrogens is 308 g/mol. The molecule has 0 bridgehead atoms. The topological polar surface area (TPSA) is 27.0 Å². The van der Waals surface area contributed by atoms with Gasteiger partial charge in [-0.05, 0) is 52.7 Å². The first-order valence-electron chi connectivity index (χ1n) is 5.55. The summed E-state index contributed by atoms with van der Waals surface area (Å²) in [6, 6.07) is 10.3. The van der Waals surface area contributed by atoms with Gasteiger partial charge >= 0.3 is 0 Å². The van der Waals surface area contributed by atoms with Crippen LogP contribution in [-0.4, -0.2) is 7.05 Å². The molecule has 0 N–H and O–H groups in total. The monoisotopic (exact) mass is 320 g/mol. The van der Waals surface area contributed by atoms with Gasteiger partial charge in [0.2, 0.25) is 0 Å². The van der Waals surface area contributed by atoms with Crippen molar-refractivity contribution in [2.24, 2.45) is 0 Å². The van der Waals surface area contributed by atoms with E-state index in [4.69, 9.17) is 5.26 Å². The quantitative estimate of drug-likeness (QED) is 0.841. The third-order valence-corrected chi connectivity index (χ3v) is 4.47. The molecule has 1 heterocycles. The summed E-state index contributed by atoms with van der Waals surface area (Å²) in [5, 5.41) is 11.0. The number of rotatable bonds is 3. The van der Waals surface area contributed by atoms with Gasteiger partial charge in [-0.3, -0.25) is 0 Å². The summed E-state index contributed by atoms with van der Waals surface area (Å²) in [5.41, 5.74) is 2.90. The van der Waals surface area contributed by atoms with Crippen LogP contribution in [0, 0.1) is 18.3 Å². The van der Waals surface area contributed by atoms with Crippen molar-refractivity contribution in [2.75, 3.05) is 11.9 Å². The molecule has 92 valence electrons. The third kappa shape index (κ3) is 2.92. The molecule has 0 unspecified atom stereocenters. The second-order valence-electron chi connectivity index (χ2n) is 4.20. The summed E-state index contributed by atoms with van der Waals surface area (Å²) in [4.78, 5) is 3.50. The van der Waals surface area contributed by atoms with Crippen molar-refractivity contribution in [3.8, 4) is 6.07 Å². The zero-order valence-corrected chi connectivity index (χ0v) is 12.7. The van der Waals surface area contributed by atoms with Crippen molar-refractivity contribution >= 4 is 33.0 Å². The van der Waals surface area contributed by atoms with Gasteiger partial charge in [-0.15, -0.1) is 11.3 Å². The molecule has 18 heavy (non-hydrogen) atoms. The smallest absolute Gasteiger partial charge is 0.0994 e. The maximum Gasteiger partial charge on any atom is 0.0994 e. The number of thiophene rings is 1. The molecule has 0 fully saturated rings. The van der Waals surface area contributed by atoms with E-state index < -0.39 is 0 Å². The number of halogens is 1. The van der Waals surface area contributed by atoms with E-state index in [1.165, 1.54) is 4.88 Å². The minimum atomic E-state index is 0.742. The van der Waals surface area contributed by atoms with Crippen molar-refractivity contribution < 1.29 is 0 Å². The highest BCUT2D eigenvalue weighted by atomic mass is 79.9. The molecule has 0 saturated carbocycles. The average molecular weight is 321 g/mol. The predicted molar refractivity (Wildman–Crippen MR) is 80.0 cm³/mol. The Morgan fingerprint density at radius 3 is 2.72 bits per heavy atom. The molecule has 0 aliphatic carbocycles. The highest BCUT2D eigenvalue weighted by Gasteiger charge is 2.06. The zero-order valence-electron chi connectivity index (χ0n) is 10.3. The van der Waals surface area contributed by atoms with Crippen molar-refractivity contribution in [3.63, 3.8) is 0 Å². The lowest BCUT2D eigenvalue weighted by Gasteiger charge is -2.19. The fourth-order valence-electron chi connectivity index (χ4n) is 1.77. The van der Waals surface area contributed by atoms with Crippen LogP contribution in [0.15, 0.2) is 34.1 Å². The van der Waals surface area contributed by atoms with Crippen LogP contribution in [0.25, 0.3) is 0 Å². The number of hydrogen-bond donors (Lipinski definition) is 0. The van der Waals surface area contributed by atoms with Crippen LogP contribution in [0.4, 0.5) is 5.69 Å². The first-order valence-corrected chi connectivity index (χ1v) is 7.22. The van der Waals surface area contributed by atoms with E-state index in [0.717, 1.165) is 27.8 Å². The maximum atomic E-state index is 8.92. The molecule has 1 aromatic carbocycles. The highest BCUT2D eigenvalue weighted by Crippen LogP contribution is 2.24. The standard InChI is InChI=1S/C14H13BrN2S/c1-10-5-13(4-3-11(10)7-16)17(2)8-14-6-12(15)9-18-14/h3-6,9H,8H2,1-2H3. The largest absolute Gasteiger partial charge is 0.369 e. The van der Waals surface area contributed by atoms with Crippen LogP contribution in [0.2, 0.25) is 0 Å². The van der Waals surface area contributed by atoms with E-state index in [1.807, 2.05) is 19.1 Å². The van der Waals surface area contributed by atoms with Crippen LogP contribution in [0.5, 0.6) is 0 Å². The average Bonchev–Trinajstić information content (AvgIpc) is 2.74. The summed E-state index contributed by atoms with van der Waals surface area (Å²) >= 11 is 5.21. The van der Waals surface area contributed by atoms with E-state index in [9.17, 15) is 0 Å². The molecule has 2 rings (SSSR count). The van der Waals surface area contributed by atoms with E-state index >= 15 is 0 Å². The van der Waals surface area contributed by atoms with E-state index in [0.29, 0.717) is 0 Å². The van der Waals surface area contributed by atoms with Gasteiger partial charge in [0.05, 0.1) is 18.2 Å². The van der Waals surface area contributed by atoms with Crippen LogP contribution in [0.1, 0.15) is 16.0 Å². The summed E-state index contributed by atoms with van der Waals surface area (Å²) in [5.74, 6) is 0. The van der Waals surface area contributed by atoms with Gasteiger partial charge in [0, 0.05) is 27.5 Å². The summed E-state index contributed by atoms with van der Waals surface area (Å²) in [6.45, 7) is 2.85. The lowest BCUT2D eigenvalue weighted by atomic mass is 10.1. The van der Waals surface area contributed by atoms with E-state index in [2.05, 4.69) is 51.5 Å². The normalized spacial score (nSPS) is 10.1. The number of nitrogens with zero attached hydrogens (tertiary/aromatic N) is 2. The molecule has 2 nitrogen and oxygen atoms in total. The van der Waals surface area contributed by atoms with Crippen LogP contribution in [0.3, 0.4) is 0 Å². The minimum Gasteiger partial charge on any atom is -0.369 e. The fraction of sp³-hybridized carbons (Fsp3) is 0.214. The first kappa shape index (κ1) is 13.1. The Hall–Kier alpha value is -1.31. The molecule has 0 spiro atoms. The van der Waals surface area contributed by atoms with E-state index in [1.54, 1.807) is 11.3 Å². The third-order valence-electron chi connectivity index (χ3n) is 2.79. The van der Waals surface area contributed by atoms with Gasteiger partial charge in [0.25, 0.3) is 0 Å². The van der Waals surface area contributed by atoms with Gasteiger partial charge in [0.1, 0.15) is 0 Å². The molecule has 0 aliphatic heterocycles. The van der Waals surface area contributed by atoms with Crippen LogP contribution in [-0.2, 0) is 6.54 Å². The van der Waals surface area contributed by atoms with Crippen molar-refractivity contribution in [2.45, 2.75) is 13.5 Å². The number of anilines is 1. The molecule has 0 saturated heterocycles. The number of aryl methyl sites for hydroxylation is 1. The number of hydrogen-bond acceptors (Lipinski definition) is 3. The van der Waals surface area contributed by atoms with Crippen molar-refractivity contribution in [1.29, 1.82) is 5.26 Å². The molecule has 0 aliphatic rings. The van der Waals surface area contributed by atoms with Gasteiger partial charge in [-0.25, -0.2) is 0 Å². The Morgan fingerprint density at radius 1 is 1.39 bits per heavy atom. The molecule has 0 radical (unpaired) electrons. The Morgan fingerprint density at radius 2 is 2.17 bits per heavy atom. The Labute approximate surface area is 120 Å². The Bertz CT molecular complexity index is 598. The maximum absolute atomic E-state index is 8.92. The van der Waals surface area contributed by atoms with Crippen molar-refractivity contribution in [3.05, 3.63) is 50.1 Å². The first-order chi connectivity index (χ1) is 8.60. The lowest BCUT2D eigenvalue weighted by Crippen LogP contribution is -2.15. The molecule has 4 heteroatoms. The van der Waals surface area contributed by atoms with Gasteiger partial charge in [-0.2, -0.15) is 5.26 Å². The molecular formula is C14H13BrN2S. The number of nitriles is 1. The van der Waals surface area contributed by atoms with Gasteiger partial charge < -0.3 is 4.90 Å². The summed E-state index contributed by atoms with van der Waals surface area (Å²) in [7, 11) is 2.06. The molecule has 0 atom stereocenters. The zero-order chi connectivity index (χ0) is 13.1. The predicted octanol–water partition coefficient (Wildman–Crippen LogP) is 4.33. The second-order valence-corrected chi connectivity index (χ2v) is 6.11. The second kappa shape index (κ2) is 5.55. The SMILES string of the molecule is Cc1cc(N(C)Cc2cc(Br)cs2)ccc1C#N. The van der Waals surface area contributed by atoms with Crippen molar-refractivity contribution in [1.82, 2.24) is 0 Å². The van der Waals surface area contributed by atoms with Gasteiger partial charge in [-0.1, -0.05) is 0 Å². The Kier molecular flexibility index (Phi) is 4.05. The minimum absolute atomic E-state index is 0.742. The molecule has 2 aromatic rings. The van der Waals surface area contributed by atoms with Crippen LogP contribution < -0.4 is 4.90 Å². The summed E-state index contributed by atoms with van der Waals surface area (Å²) in [6.07, 6.45) is 0. The highest BCUT2D eigenvalue weighted by molar-refractivity contribution is 9.10. The van der Waals surface area contributed by atoms with E-state index in [-0.39, 0.29) is 0 Å². The fourth-order valence-corrected chi connectivity index (χ4v) is 3.28.